The first kappa shape index (κ1) is 15.7. The largest absolute Gasteiger partial charge is 0.343 e. The second-order valence-corrected chi connectivity index (χ2v) is 3.81. The van der Waals surface area contributed by atoms with Crippen LogP contribution in [0.25, 0.3) is 0 Å². The molecule has 7 heteroatoms. The summed E-state index contributed by atoms with van der Waals surface area (Å²) < 4.78 is 13.7. The molecule has 0 heterocycles. The van der Waals surface area contributed by atoms with Crippen LogP contribution in [0.3, 0.4) is 0 Å². The molecule has 1 aromatic rings. The molecule has 104 valence electrons. The van der Waals surface area contributed by atoms with E-state index < -0.39 is 11.4 Å². The van der Waals surface area contributed by atoms with Crippen molar-refractivity contribution in [3.05, 3.63) is 35.3 Å². The van der Waals surface area contributed by atoms with Crippen molar-refractivity contribution in [1.82, 2.24) is 0 Å². The van der Waals surface area contributed by atoms with Crippen molar-refractivity contribution in [3.63, 3.8) is 0 Å². The van der Waals surface area contributed by atoms with Gasteiger partial charge in [-0.1, -0.05) is 6.92 Å². The zero-order valence-electron chi connectivity index (χ0n) is 11.1. The Morgan fingerprint density at radius 2 is 1.86 bits per heavy atom. The maximum Gasteiger partial charge on any atom is 0.224 e. The minimum absolute atomic E-state index is 0.122. The van der Waals surface area contributed by atoms with Crippen LogP contribution in [0.5, 0.6) is 0 Å². The van der Waals surface area contributed by atoms with Crippen LogP contribution < -0.4 is 10.6 Å². The van der Waals surface area contributed by atoms with E-state index in [1.807, 2.05) is 0 Å². The van der Waals surface area contributed by atoms with Crippen molar-refractivity contribution in [2.45, 2.75) is 13.3 Å². The van der Waals surface area contributed by atoms with Crippen molar-refractivity contribution >= 4 is 17.3 Å². The number of anilines is 2. The summed E-state index contributed by atoms with van der Waals surface area (Å²) in [5.41, 5.74) is -0.611. The zero-order valence-corrected chi connectivity index (χ0v) is 11.1. The summed E-state index contributed by atoms with van der Waals surface area (Å²) in [6, 6.07) is 8.43. The predicted octanol–water partition coefficient (Wildman–Crippen LogP) is 2.41. The Morgan fingerprint density at radius 3 is 2.38 bits per heavy atom. The fourth-order valence-corrected chi connectivity index (χ4v) is 1.37. The third kappa shape index (κ3) is 4.05. The van der Waals surface area contributed by atoms with Gasteiger partial charge in [-0.05, 0) is 18.2 Å². The van der Waals surface area contributed by atoms with E-state index in [0.717, 1.165) is 6.07 Å². The van der Waals surface area contributed by atoms with Crippen LogP contribution in [0.15, 0.2) is 29.5 Å². The molecule has 2 N–H and O–H groups in total. The number of hydrogen-bond donors (Lipinski definition) is 2. The highest BCUT2D eigenvalue weighted by Crippen LogP contribution is 2.22. The lowest BCUT2D eigenvalue weighted by Gasteiger charge is -2.09. The summed E-state index contributed by atoms with van der Waals surface area (Å²) in [5, 5.41) is 31.2. The second-order valence-electron chi connectivity index (χ2n) is 3.81. The van der Waals surface area contributed by atoms with Crippen molar-refractivity contribution in [2.24, 2.45) is 0 Å². The van der Waals surface area contributed by atoms with Gasteiger partial charge in [0, 0.05) is 12.1 Å². The van der Waals surface area contributed by atoms with Gasteiger partial charge in [-0.25, -0.2) is 4.39 Å². The number of hydrogen-bond acceptors (Lipinski definition) is 5. The molecule has 0 aliphatic carbocycles. The molecule has 0 unspecified atom stereocenters. The van der Waals surface area contributed by atoms with E-state index in [-0.39, 0.29) is 23.7 Å². The number of nitrogens with one attached hydrogen (secondary N) is 2. The fourth-order valence-electron chi connectivity index (χ4n) is 1.37. The number of nitriles is 3. The molecule has 0 spiro atoms. The lowest BCUT2D eigenvalue weighted by atomic mass is 10.2. The molecule has 6 nitrogen and oxygen atoms in total. The van der Waals surface area contributed by atoms with Crippen LogP contribution in [0, 0.1) is 39.8 Å². The van der Waals surface area contributed by atoms with Gasteiger partial charge in [-0.15, -0.1) is 0 Å². The van der Waals surface area contributed by atoms with Gasteiger partial charge in [0.2, 0.25) is 5.91 Å². The standard InChI is InChI=1S/C14H10FN5O/c1-2-14(21)19-10-3-4-11(15)12(5-10)20-13(8-18)9(6-16)7-17/h3-5,20H,2H2,1H3,(H,19,21). The number of allylic oxidation sites excluding steroid dienone is 2. The summed E-state index contributed by atoms with van der Waals surface area (Å²) in [5.74, 6) is -0.939. The molecule has 0 aliphatic rings. The van der Waals surface area contributed by atoms with E-state index in [0.29, 0.717) is 5.69 Å². The highest BCUT2D eigenvalue weighted by molar-refractivity contribution is 5.91. The minimum Gasteiger partial charge on any atom is -0.343 e. The molecule has 0 aliphatic heterocycles. The van der Waals surface area contributed by atoms with Crippen LogP contribution in [0.2, 0.25) is 0 Å². The maximum absolute atomic E-state index is 13.7. The average Bonchev–Trinajstić information content (AvgIpc) is 2.50. The van der Waals surface area contributed by atoms with Gasteiger partial charge in [-0.2, -0.15) is 15.8 Å². The van der Waals surface area contributed by atoms with Gasteiger partial charge < -0.3 is 10.6 Å². The van der Waals surface area contributed by atoms with Crippen molar-refractivity contribution in [3.8, 4) is 18.2 Å². The molecular weight excluding hydrogens is 273 g/mol. The lowest BCUT2D eigenvalue weighted by Crippen LogP contribution is -2.10. The van der Waals surface area contributed by atoms with Gasteiger partial charge in [0.15, 0.2) is 5.57 Å². The molecule has 0 atom stereocenters. The smallest absolute Gasteiger partial charge is 0.224 e. The number of halogens is 1. The van der Waals surface area contributed by atoms with Crippen LogP contribution >= 0.6 is 0 Å². The molecule has 0 radical (unpaired) electrons. The summed E-state index contributed by atoms with van der Waals surface area (Å²) in [6.07, 6.45) is 0.260. The van der Waals surface area contributed by atoms with Gasteiger partial charge in [0.05, 0.1) is 5.69 Å². The quantitative estimate of drug-likeness (QED) is 0.824. The Balaban J connectivity index is 3.15. The van der Waals surface area contributed by atoms with Crippen molar-refractivity contribution in [2.75, 3.05) is 10.6 Å². The lowest BCUT2D eigenvalue weighted by molar-refractivity contribution is -0.115. The van der Waals surface area contributed by atoms with Crippen molar-refractivity contribution in [1.29, 1.82) is 15.8 Å². The van der Waals surface area contributed by atoms with Crippen LogP contribution in [0.4, 0.5) is 15.8 Å². The van der Waals surface area contributed by atoms with Crippen LogP contribution in [-0.2, 0) is 4.79 Å². The van der Waals surface area contributed by atoms with Gasteiger partial charge in [-0.3, -0.25) is 4.79 Å². The van der Waals surface area contributed by atoms with Gasteiger partial charge in [0.1, 0.15) is 29.7 Å². The zero-order chi connectivity index (χ0) is 15.8. The molecule has 21 heavy (non-hydrogen) atoms. The average molecular weight is 283 g/mol. The van der Waals surface area contributed by atoms with E-state index in [1.54, 1.807) is 13.0 Å². The highest BCUT2D eigenvalue weighted by Gasteiger charge is 2.10. The van der Waals surface area contributed by atoms with Gasteiger partial charge in [0.25, 0.3) is 0 Å². The first-order valence-electron chi connectivity index (χ1n) is 5.86. The molecule has 0 saturated heterocycles. The van der Waals surface area contributed by atoms with E-state index in [4.69, 9.17) is 15.8 Å². The van der Waals surface area contributed by atoms with E-state index in [2.05, 4.69) is 10.6 Å². The highest BCUT2D eigenvalue weighted by atomic mass is 19.1. The normalized spacial score (nSPS) is 8.71. The summed E-state index contributed by atoms with van der Waals surface area (Å²) in [6.45, 7) is 1.67. The van der Waals surface area contributed by atoms with Crippen LogP contribution in [-0.4, -0.2) is 5.91 Å². The van der Waals surface area contributed by atoms with E-state index >= 15 is 0 Å². The molecular formula is C14H10FN5O. The molecule has 0 bridgehead atoms. The topological polar surface area (TPSA) is 112 Å². The SMILES string of the molecule is CCC(=O)Nc1ccc(F)c(NC(C#N)=C(C#N)C#N)c1. The number of benzene rings is 1. The summed E-state index contributed by atoms with van der Waals surface area (Å²) in [7, 11) is 0. The Bertz CT molecular complexity index is 702. The third-order valence-corrected chi connectivity index (χ3v) is 2.42. The number of nitrogens with zero attached hydrogens (tertiary/aromatic N) is 3. The van der Waals surface area contributed by atoms with Crippen molar-refractivity contribution < 1.29 is 9.18 Å². The first-order valence-corrected chi connectivity index (χ1v) is 5.86. The molecule has 0 saturated carbocycles. The fraction of sp³-hybridized carbons (Fsp3) is 0.143. The summed E-state index contributed by atoms with van der Waals surface area (Å²) >= 11 is 0. The molecule has 0 fully saturated rings. The molecule has 1 amide bonds. The maximum atomic E-state index is 13.7. The number of amides is 1. The van der Waals surface area contributed by atoms with E-state index in [9.17, 15) is 9.18 Å². The van der Waals surface area contributed by atoms with E-state index in [1.165, 1.54) is 24.3 Å². The number of carbonyl (C=O) groups excluding carboxylic acids is 1. The second kappa shape index (κ2) is 7.28. The predicted molar refractivity (Wildman–Crippen MR) is 72.8 cm³/mol. The first-order chi connectivity index (χ1) is 10.0. The molecule has 1 rings (SSSR count). The Hall–Kier alpha value is -3.37. The van der Waals surface area contributed by atoms with Gasteiger partial charge >= 0.3 is 0 Å². The summed E-state index contributed by atoms with van der Waals surface area (Å²) in [4.78, 5) is 11.3. The van der Waals surface area contributed by atoms with Crippen LogP contribution in [0.1, 0.15) is 13.3 Å². The monoisotopic (exact) mass is 283 g/mol. The molecule has 0 aromatic heterocycles. The molecule has 1 aromatic carbocycles. The third-order valence-electron chi connectivity index (χ3n) is 2.42. The number of rotatable bonds is 4. The minimum atomic E-state index is -0.688. The Kier molecular flexibility index (Phi) is 5.43. The Labute approximate surface area is 120 Å². The Morgan fingerprint density at radius 1 is 1.19 bits per heavy atom. The number of carbonyl (C=O) groups is 1.